The van der Waals surface area contributed by atoms with E-state index in [9.17, 15) is 9.59 Å². The van der Waals surface area contributed by atoms with Crippen molar-refractivity contribution in [3.63, 3.8) is 0 Å². The molecule has 7 atom stereocenters. The first kappa shape index (κ1) is 26.0. The summed E-state index contributed by atoms with van der Waals surface area (Å²) in [5.41, 5.74) is 1.61. The summed E-state index contributed by atoms with van der Waals surface area (Å²) in [5.74, 6) is 3.20. The molecule has 0 spiro atoms. The van der Waals surface area contributed by atoms with E-state index in [1.165, 1.54) is 64.2 Å². The van der Waals surface area contributed by atoms with Gasteiger partial charge in [0.15, 0.2) is 5.78 Å². The highest BCUT2D eigenvalue weighted by molar-refractivity contribution is 5.95. The first-order valence-electron chi connectivity index (χ1n) is 14.7. The van der Waals surface area contributed by atoms with Crippen molar-refractivity contribution in [3.05, 3.63) is 11.6 Å². The zero-order valence-electron chi connectivity index (χ0n) is 22.5. The molecule has 3 nitrogen and oxygen atoms in total. The third kappa shape index (κ3) is 5.05. The molecule has 0 amide bonds. The number of ketones is 1. The van der Waals surface area contributed by atoms with Gasteiger partial charge in [0, 0.05) is 6.42 Å². The topological polar surface area (TPSA) is 43.4 Å². The van der Waals surface area contributed by atoms with Gasteiger partial charge in [-0.15, -0.1) is 0 Å². The fourth-order valence-corrected chi connectivity index (χ4v) is 8.91. The summed E-state index contributed by atoms with van der Waals surface area (Å²) in [7, 11) is 0. The van der Waals surface area contributed by atoms with Crippen LogP contribution in [0.15, 0.2) is 11.6 Å². The molecule has 0 unspecified atom stereocenters. The van der Waals surface area contributed by atoms with Crippen LogP contribution in [0.4, 0.5) is 0 Å². The zero-order chi connectivity index (χ0) is 24.3. The summed E-state index contributed by atoms with van der Waals surface area (Å²) in [6, 6.07) is 0. The smallest absolute Gasteiger partial charge is 0.306 e. The largest absolute Gasteiger partial charge is 0.462 e. The minimum absolute atomic E-state index is 0.0399. The number of allylic oxidation sites excluding steroid dienone is 2. The molecule has 192 valence electrons. The van der Waals surface area contributed by atoms with Crippen LogP contribution >= 0.6 is 0 Å². The number of rotatable bonds is 10. The Morgan fingerprint density at radius 1 is 0.941 bits per heavy atom. The van der Waals surface area contributed by atoms with Crippen molar-refractivity contribution in [2.24, 2.45) is 34.5 Å². The normalized spacial score (nSPS) is 38.9. The minimum Gasteiger partial charge on any atom is -0.462 e. The van der Waals surface area contributed by atoms with E-state index in [4.69, 9.17) is 4.74 Å². The van der Waals surface area contributed by atoms with Gasteiger partial charge in [-0.3, -0.25) is 9.59 Å². The fourth-order valence-electron chi connectivity index (χ4n) is 8.91. The van der Waals surface area contributed by atoms with Gasteiger partial charge in [0.2, 0.25) is 0 Å². The Hall–Kier alpha value is -1.12. The van der Waals surface area contributed by atoms with Gasteiger partial charge < -0.3 is 4.74 Å². The first-order chi connectivity index (χ1) is 16.3. The minimum atomic E-state index is 0.0399. The van der Waals surface area contributed by atoms with E-state index in [1.807, 2.05) is 0 Å². The van der Waals surface area contributed by atoms with E-state index in [2.05, 4.69) is 26.8 Å². The van der Waals surface area contributed by atoms with Crippen molar-refractivity contribution in [1.82, 2.24) is 0 Å². The Balaban J connectivity index is 1.26. The average molecular weight is 471 g/mol. The molecular weight excluding hydrogens is 420 g/mol. The molecule has 3 saturated carbocycles. The van der Waals surface area contributed by atoms with Crippen LogP contribution in [0.25, 0.3) is 0 Å². The SMILES string of the molecule is CCCCCCCCCC(=O)O[C@@H]1CC[C@@]2(C)[C@@H](CC[C@H]3[C@H]2CC[C@]2(C)C(C(C)=O)=CC[C@@H]32)C1. The van der Waals surface area contributed by atoms with Crippen LogP contribution in [-0.2, 0) is 14.3 Å². The van der Waals surface area contributed by atoms with Crippen molar-refractivity contribution < 1.29 is 14.3 Å². The molecule has 0 bridgehead atoms. The molecule has 0 radical (unpaired) electrons. The van der Waals surface area contributed by atoms with E-state index in [1.54, 1.807) is 6.92 Å². The molecule has 4 rings (SSSR count). The molecule has 0 N–H and O–H groups in total. The highest BCUT2D eigenvalue weighted by atomic mass is 16.5. The summed E-state index contributed by atoms with van der Waals surface area (Å²) in [6.07, 6.45) is 21.1. The first-order valence-corrected chi connectivity index (χ1v) is 14.7. The van der Waals surface area contributed by atoms with Gasteiger partial charge in [0.05, 0.1) is 0 Å². The molecule has 3 fully saturated rings. The van der Waals surface area contributed by atoms with Crippen LogP contribution in [-0.4, -0.2) is 17.9 Å². The summed E-state index contributed by atoms with van der Waals surface area (Å²) in [5, 5.41) is 0. The number of fused-ring (bicyclic) bond motifs is 5. The van der Waals surface area contributed by atoms with Crippen molar-refractivity contribution in [2.45, 2.75) is 137 Å². The lowest BCUT2D eigenvalue weighted by Crippen LogP contribution is -2.54. The number of carbonyl (C=O) groups is 2. The molecule has 0 aromatic heterocycles. The van der Waals surface area contributed by atoms with Crippen molar-refractivity contribution in [2.75, 3.05) is 0 Å². The number of esters is 1. The van der Waals surface area contributed by atoms with Gasteiger partial charge >= 0.3 is 5.97 Å². The summed E-state index contributed by atoms with van der Waals surface area (Å²) >= 11 is 0. The van der Waals surface area contributed by atoms with E-state index in [0.717, 1.165) is 49.5 Å². The number of ether oxygens (including phenoxy) is 1. The van der Waals surface area contributed by atoms with E-state index in [-0.39, 0.29) is 17.5 Å². The van der Waals surface area contributed by atoms with Crippen LogP contribution in [0.5, 0.6) is 0 Å². The van der Waals surface area contributed by atoms with Gasteiger partial charge in [0.1, 0.15) is 6.10 Å². The second kappa shape index (κ2) is 10.9. The fraction of sp³-hybridized carbons (Fsp3) is 0.871. The molecule has 0 aliphatic heterocycles. The number of Topliss-reactive ketones (excluding diaryl/α,β-unsaturated/α-hetero) is 1. The van der Waals surface area contributed by atoms with Crippen molar-refractivity contribution in [1.29, 1.82) is 0 Å². The van der Waals surface area contributed by atoms with Gasteiger partial charge in [-0.2, -0.15) is 0 Å². The Morgan fingerprint density at radius 3 is 2.41 bits per heavy atom. The van der Waals surface area contributed by atoms with Crippen LogP contribution in [0, 0.1) is 34.5 Å². The number of unbranched alkanes of at least 4 members (excludes halogenated alkanes) is 6. The molecule has 0 aromatic carbocycles. The molecule has 0 saturated heterocycles. The van der Waals surface area contributed by atoms with Crippen LogP contribution in [0.1, 0.15) is 130 Å². The summed E-state index contributed by atoms with van der Waals surface area (Å²) < 4.78 is 6.01. The molecule has 0 aromatic rings. The maximum Gasteiger partial charge on any atom is 0.306 e. The zero-order valence-corrected chi connectivity index (χ0v) is 22.5. The predicted molar refractivity (Wildman–Crippen MR) is 138 cm³/mol. The Kier molecular flexibility index (Phi) is 8.30. The van der Waals surface area contributed by atoms with E-state index in [0.29, 0.717) is 29.5 Å². The molecule has 4 aliphatic carbocycles. The maximum atomic E-state index is 12.5. The Morgan fingerprint density at radius 2 is 1.68 bits per heavy atom. The Bertz CT molecular complexity index is 769. The van der Waals surface area contributed by atoms with Gasteiger partial charge in [-0.1, -0.05) is 65.4 Å². The molecular formula is C31H50O3. The molecule has 34 heavy (non-hydrogen) atoms. The standard InChI is InChI=1S/C31H50O3/c1-5-6-7-8-9-10-11-12-29(33)34-24-17-19-30(3)23(21-24)13-14-25-27-16-15-26(22(2)32)31(27,4)20-18-28(25)30/h15,23-25,27-28H,5-14,16-21H2,1-4H3/t23-,24+,25+,27-,28+,30-,31+/m0/s1. The predicted octanol–water partition coefficient (Wildman–Crippen LogP) is 8.21. The summed E-state index contributed by atoms with van der Waals surface area (Å²) in [6.45, 7) is 8.95. The Labute approximate surface area is 208 Å². The molecule has 0 heterocycles. The van der Waals surface area contributed by atoms with Crippen LogP contribution in [0.3, 0.4) is 0 Å². The highest BCUT2D eigenvalue weighted by Gasteiger charge is 2.59. The van der Waals surface area contributed by atoms with Gasteiger partial charge in [-0.05, 0) is 105 Å². The van der Waals surface area contributed by atoms with Crippen molar-refractivity contribution in [3.8, 4) is 0 Å². The average Bonchev–Trinajstić information content (AvgIpc) is 3.16. The third-order valence-corrected chi connectivity index (χ3v) is 10.9. The lowest BCUT2D eigenvalue weighted by Gasteiger charge is -2.60. The summed E-state index contributed by atoms with van der Waals surface area (Å²) in [4.78, 5) is 24.8. The van der Waals surface area contributed by atoms with Gasteiger partial charge in [0.25, 0.3) is 0 Å². The van der Waals surface area contributed by atoms with E-state index >= 15 is 0 Å². The quantitative estimate of drug-likeness (QED) is 0.239. The van der Waals surface area contributed by atoms with Gasteiger partial charge in [-0.25, -0.2) is 0 Å². The molecule has 3 heteroatoms. The van der Waals surface area contributed by atoms with Crippen LogP contribution in [0.2, 0.25) is 0 Å². The number of hydrogen-bond donors (Lipinski definition) is 0. The number of carbonyl (C=O) groups excluding carboxylic acids is 2. The lowest BCUT2D eigenvalue weighted by molar-refractivity contribution is -0.161. The monoisotopic (exact) mass is 470 g/mol. The second-order valence-electron chi connectivity index (χ2n) is 12.8. The third-order valence-electron chi connectivity index (χ3n) is 10.9. The van der Waals surface area contributed by atoms with Crippen molar-refractivity contribution >= 4 is 11.8 Å². The molecule has 4 aliphatic rings. The van der Waals surface area contributed by atoms with E-state index < -0.39 is 0 Å². The van der Waals surface area contributed by atoms with Crippen LogP contribution < -0.4 is 0 Å². The highest BCUT2D eigenvalue weighted by Crippen LogP contribution is 2.66. The number of hydrogen-bond acceptors (Lipinski definition) is 3. The second-order valence-corrected chi connectivity index (χ2v) is 12.8. The lowest BCUT2D eigenvalue weighted by atomic mass is 9.44. The maximum absolute atomic E-state index is 12.5.